The minimum absolute atomic E-state index is 0.205. The van der Waals surface area contributed by atoms with Crippen LogP contribution in [0.4, 0.5) is 4.39 Å². The number of nitrogens with one attached hydrogen (secondary N) is 7. The average molecular weight is 641 g/mol. The molecule has 0 aromatic heterocycles. The maximum absolute atomic E-state index is 14.4. The number of hydroxylamine groups is 1. The molecule has 1 aliphatic carbocycles. The molecule has 1 rings (SSSR count). The Labute approximate surface area is 258 Å². The number of carbonyl (C=O) groups is 6. The highest BCUT2D eigenvalue weighted by Gasteiger charge is 2.40. The number of likely N-dealkylation sites (N-methyl/N-ethyl adjacent to an activating group) is 1. The Morgan fingerprint density at radius 1 is 1.04 bits per heavy atom. The third kappa shape index (κ3) is 10.7. The molecule has 11 N–H and O–H groups in total. The first-order valence-corrected chi connectivity index (χ1v) is 13.7. The Morgan fingerprint density at radius 2 is 1.67 bits per heavy atom. The number of amidine groups is 1. The highest BCUT2D eigenvalue weighted by molar-refractivity contribution is 6.05. The molecule has 0 aromatic carbocycles. The van der Waals surface area contributed by atoms with Crippen LogP contribution in [0.2, 0.25) is 0 Å². The third-order valence-corrected chi connectivity index (χ3v) is 6.89. The van der Waals surface area contributed by atoms with Crippen LogP contribution in [-0.4, -0.2) is 88.9 Å². The maximum Gasteiger partial charge on any atom is 0.258 e. The number of halogens is 1. The lowest BCUT2D eigenvalue weighted by molar-refractivity contribution is -0.148. The molecule has 0 bridgehead atoms. The van der Waals surface area contributed by atoms with E-state index in [4.69, 9.17) is 16.6 Å². The summed E-state index contributed by atoms with van der Waals surface area (Å²) in [4.78, 5) is 76.1. The van der Waals surface area contributed by atoms with Crippen molar-refractivity contribution in [3.05, 3.63) is 23.6 Å². The summed E-state index contributed by atoms with van der Waals surface area (Å²) in [6, 6.07) is -3.18. The second kappa shape index (κ2) is 16.9. The number of hydrogen-bond acceptors (Lipinski definition) is 11. The molecule has 1 aliphatic rings. The number of rotatable bonds is 15. The summed E-state index contributed by atoms with van der Waals surface area (Å²) in [5.74, 6) is -1.51. The molecule has 18 nitrogen and oxygen atoms in total. The Bertz CT molecular complexity index is 1270. The van der Waals surface area contributed by atoms with Crippen LogP contribution in [-0.2, 0) is 28.8 Å². The van der Waals surface area contributed by atoms with E-state index in [0.29, 0.717) is 12.8 Å². The van der Waals surface area contributed by atoms with Crippen molar-refractivity contribution in [2.24, 2.45) is 21.5 Å². The normalized spacial score (nSPS) is 16.7. The van der Waals surface area contributed by atoms with Gasteiger partial charge in [0.25, 0.3) is 5.91 Å². The molecule has 0 unspecified atom stereocenters. The summed E-state index contributed by atoms with van der Waals surface area (Å²) in [7, 11) is 1.32. The van der Waals surface area contributed by atoms with Crippen LogP contribution >= 0.6 is 0 Å². The molecule has 0 radical (unpaired) electrons. The molecule has 0 heterocycles. The topological polar surface area (TPSA) is 290 Å². The van der Waals surface area contributed by atoms with Crippen molar-refractivity contribution in [2.45, 2.75) is 77.1 Å². The third-order valence-electron chi connectivity index (χ3n) is 6.89. The standard InChI is InChI=1S/C26H41FN10O8/c1-13(38)19(21(41)34-26(4,24(44)30-5)11-14-8-6-7-9-15(14)27)33-18(39)12-31-20(40)16(10-17(35-28)36-29)32-22(42)25(2,3)23(43)37-45/h8-9,13,16,19,28,38,45H,6-7,10-12,29H2,1-5H3,(H,30,44)(H,31,40)(H,32,42)(H,33,39)(H,34,41)(H,37,43)/b35-28?,36-17-/t13-,16+,19+,26+/m1/s1. The van der Waals surface area contributed by atoms with Gasteiger partial charge in [0, 0.05) is 19.9 Å². The average Bonchev–Trinajstić information content (AvgIpc) is 3.00. The van der Waals surface area contributed by atoms with Crippen molar-refractivity contribution in [1.29, 1.82) is 5.53 Å². The lowest BCUT2D eigenvalue weighted by Gasteiger charge is -2.32. The number of aliphatic hydroxyl groups is 1. The summed E-state index contributed by atoms with van der Waals surface area (Å²) >= 11 is 0. The monoisotopic (exact) mass is 640 g/mol. The lowest BCUT2D eigenvalue weighted by Crippen LogP contribution is -2.63. The number of allylic oxidation sites excluding steroid dienone is 3. The van der Waals surface area contributed by atoms with Crippen LogP contribution in [0.15, 0.2) is 33.8 Å². The number of hydrogen-bond donors (Lipinski definition) is 10. The molecular weight excluding hydrogens is 599 g/mol. The first-order valence-electron chi connectivity index (χ1n) is 13.7. The summed E-state index contributed by atoms with van der Waals surface area (Å²) < 4.78 is 14.4. The SMILES string of the molecule is CNC(=O)[C@](C)(CC1=CCCC=C1F)NC(=O)[C@@H](NC(=O)CNC(=O)[C@H](C/C(N=N)=N/N)NC(=O)C(C)(C)C(=O)NO)[C@@H](C)O. The van der Waals surface area contributed by atoms with Gasteiger partial charge in [-0.3, -0.25) is 34.0 Å². The molecule has 6 amide bonds. The largest absolute Gasteiger partial charge is 0.391 e. The smallest absolute Gasteiger partial charge is 0.258 e. The predicted octanol–water partition coefficient (Wildman–Crippen LogP) is -1.74. The van der Waals surface area contributed by atoms with Gasteiger partial charge in [-0.05, 0) is 52.2 Å². The van der Waals surface area contributed by atoms with Crippen LogP contribution in [0.5, 0.6) is 0 Å². The van der Waals surface area contributed by atoms with E-state index in [2.05, 4.69) is 36.8 Å². The summed E-state index contributed by atoms with van der Waals surface area (Å²) in [6.45, 7) is 4.07. The van der Waals surface area contributed by atoms with Gasteiger partial charge in [0.05, 0.1) is 12.6 Å². The van der Waals surface area contributed by atoms with Crippen molar-refractivity contribution in [3.63, 3.8) is 0 Å². The zero-order valence-corrected chi connectivity index (χ0v) is 25.6. The van der Waals surface area contributed by atoms with E-state index in [1.807, 2.05) is 0 Å². The van der Waals surface area contributed by atoms with Crippen LogP contribution in [0.3, 0.4) is 0 Å². The second-order valence-electron chi connectivity index (χ2n) is 10.9. The molecule has 0 aromatic rings. The quantitative estimate of drug-likeness (QED) is 0.0185. The molecular formula is C26H41FN10O8. The van der Waals surface area contributed by atoms with E-state index < -0.39 is 83.4 Å². The molecule has 0 saturated carbocycles. The fourth-order valence-corrected chi connectivity index (χ4v) is 4.06. The van der Waals surface area contributed by atoms with Crippen molar-refractivity contribution in [2.75, 3.05) is 13.6 Å². The van der Waals surface area contributed by atoms with Crippen LogP contribution < -0.4 is 37.9 Å². The first kappa shape index (κ1) is 38.2. The van der Waals surface area contributed by atoms with E-state index in [1.54, 1.807) is 6.08 Å². The van der Waals surface area contributed by atoms with Gasteiger partial charge < -0.3 is 37.5 Å². The minimum Gasteiger partial charge on any atom is -0.391 e. The fraction of sp³-hybridized carbons (Fsp3) is 0.577. The molecule has 0 saturated heterocycles. The first-order chi connectivity index (χ1) is 21.0. The lowest BCUT2D eigenvalue weighted by atomic mass is 9.88. The summed E-state index contributed by atoms with van der Waals surface area (Å²) in [5.41, 5.74) is 5.10. The Morgan fingerprint density at radius 3 is 2.18 bits per heavy atom. The van der Waals surface area contributed by atoms with Crippen LogP contribution in [0.25, 0.3) is 0 Å². The number of nitrogens with zero attached hydrogens (tertiary/aromatic N) is 2. The van der Waals surface area contributed by atoms with Gasteiger partial charge >= 0.3 is 0 Å². The number of nitrogens with two attached hydrogens (primary N) is 1. The minimum atomic E-state index is -1.86. The van der Waals surface area contributed by atoms with Crippen molar-refractivity contribution in [1.82, 2.24) is 32.1 Å². The van der Waals surface area contributed by atoms with Crippen molar-refractivity contribution >= 4 is 41.3 Å². The van der Waals surface area contributed by atoms with Gasteiger partial charge in [-0.2, -0.15) is 5.10 Å². The van der Waals surface area contributed by atoms with E-state index in [0.717, 1.165) is 13.8 Å². The van der Waals surface area contributed by atoms with E-state index in [9.17, 15) is 38.3 Å². The van der Waals surface area contributed by atoms with Crippen molar-refractivity contribution in [3.8, 4) is 0 Å². The molecule has 19 heteroatoms. The molecule has 0 aliphatic heterocycles. The number of amides is 6. The number of aliphatic hydroxyl groups excluding tert-OH is 1. The number of carbonyl (C=O) groups excluding carboxylic acids is 6. The molecule has 4 atom stereocenters. The van der Waals surface area contributed by atoms with Gasteiger partial charge in [-0.25, -0.2) is 15.4 Å². The molecule has 250 valence electrons. The summed E-state index contributed by atoms with van der Waals surface area (Å²) in [6.07, 6.45) is 1.76. The van der Waals surface area contributed by atoms with Gasteiger partial charge in [-0.1, -0.05) is 6.08 Å². The molecule has 45 heavy (non-hydrogen) atoms. The van der Waals surface area contributed by atoms with Gasteiger partial charge in [-0.15, -0.1) is 5.11 Å². The zero-order valence-electron chi connectivity index (χ0n) is 25.6. The summed E-state index contributed by atoms with van der Waals surface area (Å²) in [5, 5.41) is 37.0. The Balaban J connectivity index is 3.05. The zero-order chi connectivity index (χ0) is 34.5. The number of hydrazone groups is 1. The highest BCUT2D eigenvalue weighted by Crippen LogP contribution is 2.28. The van der Waals surface area contributed by atoms with E-state index >= 15 is 0 Å². The Kier molecular flexibility index (Phi) is 14.4. The van der Waals surface area contributed by atoms with Crippen molar-refractivity contribution < 1.29 is 43.5 Å². The maximum atomic E-state index is 14.4. The van der Waals surface area contributed by atoms with Gasteiger partial charge in [0.2, 0.25) is 29.5 Å². The van der Waals surface area contributed by atoms with Gasteiger partial charge in [0.15, 0.2) is 5.84 Å². The van der Waals surface area contributed by atoms with Gasteiger partial charge in [0.1, 0.15) is 28.9 Å². The Hall–Kier alpha value is -4.78. The van der Waals surface area contributed by atoms with Crippen LogP contribution in [0.1, 0.15) is 53.4 Å². The van der Waals surface area contributed by atoms with Crippen LogP contribution in [0, 0.1) is 10.9 Å². The van der Waals surface area contributed by atoms with E-state index in [-0.39, 0.29) is 17.8 Å². The second-order valence-corrected chi connectivity index (χ2v) is 10.9. The molecule has 0 spiro atoms. The highest BCUT2D eigenvalue weighted by atomic mass is 19.1. The predicted molar refractivity (Wildman–Crippen MR) is 155 cm³/mol. The fourth-order valence-electron chi connectivity index (χ4n) is 4.06. The van der Waals surface area contributed by atoms with E-state index in [1.165, 1.54) is 32.5 Å². The molecule has 0 fully saturated rings.